The molecular weight excluding hydrogens is 316 g/mol. The Morgan fingerprint density at radius 2 is 1.45 bits per heavy atom. The van der Waals surface area contributed by atoms with Gasteiger partial charge < -0.3 is 9.47 Å². The van der Waals surface area contributed by atoms with E-state index in [0.717, 1.165) is 21.2 Å². The molecule has 0 amide bonds. The third-order valence-corrected chi connectivity index (χ3v) is 3.73. The lowest BCUT2D eigenvalue weighted by Crippen LogP contribution is -2.00. The minimum atomic E-state index is -0.292. The third-order valence-electron chi connectivity index (χ3n) is 3.04. The van der Waals surface area contributed by atoms with Crippen molar-refractivity contribution >= 4 is 15.9 Å². The summed E-state index contributed by atoms with van der Waals surface area (Å²) in [5.41, 5.74) is 2.90. The van der Waals surface area contributed by atoms with Gasteiger partial charge in [-0.1, -0.05) is 42.2 Å². The minimum Gasteiger partial charge on any atom is -0.346 e. The van der Waals surface area contributed by atoms with Crippen LogP contribution in [0.15, 0.2) is 53.0 Å². The van der Waals surface area contributed by atoms with Crippen molar-refractivity contribution in [2.75, 3.05) is 13.2 Å². The number of ether oxygens (including phenoxy) is 2. The maximum absolute atomic E-state index is 5.56. The van der Waals surface area contributed by atoms with Gasteiger partial charge >= 0.3 is 0 Å². The van der Waals surface area contributed by atoms with Crippen LogP contribution in [0.25, 0.3) is 0 Å². The summed E-state index contributed by atoms with van der Waals surface area (Å²) in [6.07, 6.45) is -0.292. The Morgan fingerprint density at radius 3 is 2.20 bits per heavy atom. The molecule has 100 valence electrons. The van der Waals surface area contributed by atoms with Crippen molar-refractivity contribution < 1.29 is 9.47 Å². The molecule has 1 heterocycles. The van der Waals surface area contributed by atoms with E-state index in [1.807, 2.05) is 48.5 Å². The van der Waals surface area contributed by atoms with Gasteiger partial charge in [-0.3, -0.25) is 0 Å². The van der Waals surface area contributed by atoms with Crippen LogP contribution in [0.3, 0.4) is 0 Å². The molecule has 0 saturated carbocycles. The first kappa shape index (κ1) is 13.4. The molecule has 0 aliphatic carbocycles. The number of halogens is 1. The van der Waals surface area contributed by atoms with Gasteiger partial charge in [-0.25, -0.2) is 0 Å². The first-order chi connectivity index (χ1) is 9.84. The molecule has 2 aromatic carbocycles. The van der Waals surface area contributed by atoms with E-state index in [-0.39, 0.29) is 6.29 Å². The number of hydrogen-bond donors (Lipinski definition) is 0. The van der Waals surface area contributed by atoms with E-state index in [1.165, 1.54) is 0 Å². The first-order valence-corrected chi connectivity index (χ1v) is 7.22. The number of benzene rings is 2. The summed E-state index contributed by atoms with van der Waals surface area (Å²) in [5, 5.41) is 0. The Morgan fingerprint density at radius 1 is 0.850 bits per heavy atom. The van der Waals surface area contributed by atoms with E-state index < -0.39 is 0 Å². The van der Waals surface area contributed by atoms with Crippen LogP contribution in [-0.4, -0.2) is 13.2 Å². The van der Waals surface area contributed by atoms with Crippen molar-refractivity contribution in [3.63, 3.8) is 0 Å². The van der Waals surface area contributed by atoms with Gasteiger partial charge in [0.25, 0.3) is 0 Å². The Balaban J connectivity index is 1.94. The van der Waals surface area contributed by atoms with Crippen LogP contribution in [0.4, 0.5) is 0 Å². The van der Waals surface area contributed by atoms with E-state index >= 15 is 0 Å². The molecule has 3 heteroatoms. The molecule has 1 aliphatic rings. The maximum atomic E-state index is 5.56. The lowest BCUT2D eigenvalue weighted by molar-refractivity contribution is -0.0442. The SMILES string of the molecule is Brc1ccccc1C#Cc1ccccc1C1OCCO1. The zero-order valence-electron chi connectivity index (χ0n) is 10.8. The first-order valence-electron chi connectivity index (χ1n) is 6.43. The van der Waals surface area contributed by atoms with Crippen molar-refractivity contribution in [2.24, 2.45) is 0 Å². The zero-order valence-corrected chi connectivity index (χ0v) is 12.4. The predicted octanol–water partition coefficient (Wildman–Crippen LogP) is 3.89. The Bertz CT molecular complexity index is 664. The van der Waals surface area contributed by atoms with Crippen LogP contribution >= 0.6 is 15.9 Å². The molecule has 0 unspecified atom stereocenters. The van der Waals surface area contributed by atoms with Crippen LogP contribution in [0.5, 0.6) is 0 Å². The fourth-order valence-electron chi connectivity index (χ4n) is 2.05. The van der Waals surface area contributed by atoms with Crippen molar-refractivity contribution in [3.05, 3.63) is 69.7 Å². The summed E-state index contributed by atoms with van der Waals surface area (Å²) >= 11 is 3.50. The normalized spacial score (nSPS) is 14.8. The molecule has 1 fully saturated rings. The quantitative estimate of drug-likeness (QED) is 0.739. The highest BCUT2D eigenvalue weighted by Crippen LogP contribution is 2.26. The summed E-state index contributed by atoms with van der Waals surface area (Å²) in [6.45, 7) is 1.27. The summed E-state index contributed by atoms with van der Waals surface area (Å²) in [6, 6.07) is 15.9. The second kappa shape index (κ2) is 6.23. The fraction of sp³-hybridized carbons (Fsp3) is 0.176. The van der Waals surface area contributed by atoms with Crippen LogP contribution in [-0.2, 0) is 9.47 Å². The van der Waals surface area contributed by atoms with Crippen molar-refractivity contribution in [3.8, 4) is 11.8 Å². The van der Waals surface area contributed by atoms with Gasteiger partial charge in [-0.15, -0.1) is 0 Å². The lowest BCUT2D eigenvalue weighted by Gasteiger charge is -2.10. The summed E-state index contributed by atoms with van der Waals surface area (Å²) in [5.74, 6) is 6.39. The van der Waals surface area contributed by atoms with E-state index in [2.05, 4.69) is 27.8 Å². The van der Waals surface area contributed by atoms with Crippen LogP contribution < -0.4 is 0 Å². The molecule has 0 bridgehead atoms. The molecule has 1 saturated heterocycles. The van der Waals surface area contributed by atoms with E-state index in [9.17, 15) is 0 Å². The van der Waals surface area contributed by atoms with Gasteiger partial charge in [-0.05, 0) is 34.1 Å². The number of hydrogen-bond acceptors (Lipinski definition) is 2. The number of rotatable bonds is 1. The second-order valence-electron chi connectivity index (χ2n) is 4.39. The van der Waals surface area contributed by atoms with Crippen molar-refractivity contribution in [1.82, 2.24) is 0 Å². The summed E-state index contributed by atoms with van der Waals surface area (Å²) < 4.78 is 12.1. The Labute approximate surface area is 126 Å². The molecule has 0 spiro atoms. The Hall–Kier alpha value is -1.60. The molecule has 0 radical (unpaired) electrons. The monoisotopic (exact) mass is 328 g/mol. The lowest BCUT2D eigenvalue weighted by atomic mass is 10.1. The van der Waals surface area contributed by atoms with E-state index in [0.29, 0.717) is 13.2 Å². The standard InChI is InChI=1S/C17H13BrO2/c18-16-8-4-2-6-14(16)10-9-13-5-1-3-7-15(13)17-19-11-12-20-17/h1-8,17H,11-12H2. The highest BCUT2D eigenvalue weighted by Gasteiger charge is 2.20. The van der Waals surface area contributed by atoms with Gasteiger partial charge in [0.1, 0.15) is 0 Å². The largest absolute Gasteiger partial charge is 0.346 e. The smallest absolute Gasteiger partial charge is 0.185 e. The molecule has 0 atom stereocenters. The summed E-state index contributed by atoms with van der Waals surface area (Å²) in [7, 11) is 0. The molecule has 0 aromatic heterocycles. The molecule has 1 aliphatic heterocycles. The molecule has 2 aromatic rings. The van der Waals surface area contributed by atoms with E-state index in [1.54, 1.807) is 0 Å². The third kappa shape index (κ3) is 2.94. The molecule has 2 nitrogen and oxygen atoms in total. The van der Waals surface area contributed by atoms with Crippen molar-refractivity contribution in [2.45, 2.75) is 6.29 Å². The van der Waals surface area contributed by atoms with Crippen LogP contribution in [0, 0.1) is 11.8 Å². The topological polar surface area (TPSA) is 18.5 Å². The molecule has 0 N–H and O–H groups in total. The van der Waals surface area contributed by atoms with Gasteiger partial charge in [0.2, 0.25) is 0 Å². The average molecular weight is 329 g/mol. The van der Waals surface area contributed by atoms with E-state index in [4.69, 9.17) is 9.47 Å². The average Bonchev–Trinajstić information content (AvgIpc) is 3.01. The summed E-state index contributed by atoms with van der Waals surface area (Å²) in [4.78, 5) is 0. The predicted molar refractivity (Wildman–Crippen MR) is 81.2 cm³/mol. The molecule has 3 rings (SSSR count). The van der Waals surface area contributed by atoms with Crippen LogP contribution in [0.1, 0.15) is 23.0 Å². The molecular formula is C17H13BrO2. The highest BCUT2D eigenvalue weighted by molar-refractivity contribution is 9.10. The second-order valence-corrected chi connectivity index (χ2v) is 5.24. The highest BCUT2D eigenvalue weighted by atomic mass is 79.9. The maximum Gasteiger partial charge on any atom is 0.185 e. The zero-order chi connectivity index (χ0) is 13.8. The fourth-order valence-corrected chi connectivity index (χ4v) is 2.44. The minimum absolute atomic E-state index is 0.292. The van der Waals surface area contributed by atoms with Gasteiger partial charge in [0, 0.05) is 21.2 Å². The van der Waals surface area contributed by atoms with Crippen LogP contribution in [0.2, 0.25) is 0 Å². The Kier molecular flexibility index (Phi) is 4.17. The van der Waals surface area contributed by atoms with Crippen molar-refractivity contribution in [1.29, 1.82) is 0 Å². The van der Waals surface area contributed by atoms with Gasteiger partial charge in [-0.2, -0.15) is 0 Å². The van der Waals surface area contributed by atoms with Gasteiger partial charge in [0.05, 0.1) is 13.2 Å². The molecule has 20 heavy (non-hydrogen) atoms. The van der Waals surface area contributed by atoms with Gasteiger partial charge in [0.15, 0.2) is 6.29 Å².